The molecule has 0 saturated heterocycles. The standard InChI is InChI=1S/C24H25N5O3/c1-3-32-22-14-20(17-7-9-23(31-2)26-15-17)28-21-13-16(6-8-19(21)22)24(30)25-11-4-5-18-10-12-27-29-18/h6-9,12-15H,3-5,10-11H2,1-2H3,(H,25,30). The van der Waals surface area contributed by atoms with Crippen LogP contribution in [-0.4, -0.2) is 48.1 Å². The molecule has 32 heavy (non-hydrogen) atoms. The van der Waals surface area contributed by atoms with Crippen LogP contribution in [0.2, 0.25) is 0 Å². The summed E-state index contributed by atoms with van der Waals surface area (Å²) in [6, 6.07) is 11.0. The fraction of sp³-hybridized carbons (Fsp3) is 0.292. The van der Waals surface area contributed by atoms with Gasteiger partial charge in [-0.25, -0.2) is 9.97 Å². The highest BCUT2D eigenvalue weighted by Gasteiger charge is 2.13. The van der Waals surface area contributed by atoms with Crippen molar-refractivity contribution >= 4 is 28.7 Å². The van der Waals surface area contributed by atoms with Crippen LogP contribution < -0.4 is 14.8 Å². The zero-order valence-electron chi connectivity index (χ0n) is 18.2. The summed E-state index contributed by atoms with van der Waals surface area (Å²) in [5.74, 6) is 1.12. The maximum atomic E-state index is 12.7. The van der Waals surface area contributed by atoms with Gasteiger partial charge in [0.05, 0.1) is 24.9 Å². The molecule has 8 heteroatoms. The van der Waals surface area contributed by atoms with Crippen molar-refractivity contribution in [2.75, 3.05) is 20.3 Å². The molecule has 0 spiro atoms. The van der Waals surface area contributed by atoms with Crippen LogP contribution in [0.4, 0.5) is 0 Å². The third-order valence-electron chi connectivity index (χ3n) is 5.11. The highest BCUT2D eigenvalue weighted by molar-refractivity contribution is 6.00. The summed E-state index contributed by atoms with van der Waals surface area (Å²) in [5, 5.41) is 11.7. The summed E-state index contributed by atoms with van der Waals surface area (Å²) in [6.45, 7) is 3.04. The molecule has 1 aromatic carbocycles. The second-order valence-electron chi connectivity index (χ2n) is 7.29. The zero-order valence-corrected chi connectivity index (χ0v) is 18.2. The normalized spacial score (nSPS) is 12.6. The highest BCUT2D eigenvalue weighted by Crippen LogP contribution is 2.31. The van der Waals surface area contributed by atoms with Crippen LogP contribution in [-0.2, 0) is 0 Å². The Balaban J connectivity index is 1.54. The second kappa shape index (κ2) is 10.00. The van der Waals surface area contributed by atoms with E-state index in [4.69, 9.17) is 14.5 Å². The maximum absolute atomic E-state index is 12.7. The first-order valence-electron chi connectivity index (χ1n) is 10.6. The molecule has 4 rings (SSSR count). The molecule has 1 amide bonds. The molecule has 0 saturated carbocycles. The van der Waals surface area contributed by atoms with Crippen LogP contribution in [0.3, 0.4) is 0 Å². The van der Waals surface area contributed by atoms with Gasteiger partial charge < -0.3 is 14.8 Å². The maximum Gasteiger partial charge on any atom is 0.251 e. The first kappa shape index (κ1) is 21.4. The molecule has 164 valence electrons. The molecule has 1 aliphatic heterocycles. The molecule has 0 radical (unpaired) electrons. The molecule has 0 bridgehead atoms. The molecule has 1 aliphatic rings. The van der Waals surface area contributed by atoms with Crippen LogP contribution in [0.1, 0.15) is 36.5 Å². The van der Waals surface area contributed by atoms with Crippen molar-refractivity contribution in [2.24, 2.45) is 10.2 Å². The predicted octanol–water partition coefficient (Wildman–Crippen LogP) is 4.04. The van der Waals surface area contributed by atoms with Crippen molar-refractivity contribution in [3.63, 3.8) is 0 Å². The number of nitrogens with one attached hydrogen (secondary N) is 1. The Morgan fingerprint density at radius 3 is 2.81 bits per heavy atom. The van der Waals surface area contributed by atoms with Gasteiger partial charge in [-0.1, -0.05) is 0 Å². The van der Waals surface area contributed by atoms with Gasteiger partial charge in [0.1, 0.15) is 5.75 Å². The van der Waals surface area contributed by atoms with Crippen molar-refractivity contribution in [1.29, 1.82) is 0 Å². The lowest BCUT2D eigenvalue weighted by molar-refractivity contribution is 0.0953. The monoisotopic (exact) mass is 431 g/mol. The smallest absolute Gasteiger partial charge is 0.251 e. The SMILES string of the molecule is CCOc1cc(-c2ccc(OC)nc2)nc2cc(C(=O)NCCCC3=NN=CC3)ccc12. The van der Waals surface area contributed by atoms with Crippen LogP contribution >= 0.6 is 0 Å². The number of hydrogen-bond acceptors (Lipinski definition) is 7. The van der Waals surface area contributed by atoms with E-state index in [1.54, 1.807) is 37.7 Å². The number of carbonyl (C=O) groups excluding carboxylic acids is 1. The summed E-state index contributed by atoms with van der Waals surface area (Å²) in [7, 11) is 1.58. The zero-order chi connectivity index (χ0) is 22.3. The van der Waals surface area contributed by atoms with E-state index >= 15 is 0 Å². The van der Waals surface area contributed by atoms with E-state index in [0.29, 0.717) is 35.8 Å². The van der Waals surface area contributed by atoms with Crippen molar-refractivity contribution < 1.29 is 14.3 Å². The fourth-order valence-corrected chi connectivity index (χ4v) is 3.47. The summed E-state index contributed by atoms with van der Waals surface area (Å²) < 4.78 is 11.0. The van der Waals surface area contributed by atoms with Crippen molar-refractivity contribution in [1.82, 2.24) is 15.3 Å². The first-order chi connectivity index (χ1) is 15.7. The first-order valence-corrected chi connectivity index (χ1v) is 10.6. The van der Waals surface area contributed by atoms with Crippen LogP contribution in [0, 0.1) is 0 Å². The van der Waals surface area contributed by atoms with Crippen molar-refractivity contribution in [3.05, 3.63) is 48.2 Å². The quantitative estimate of drug-likeness (QED) is 0.516. The van der Waals surface area contributed by atoms with Crippen LogP contribution in [0.15, 0.2) is 52.8 Å². The molecule has 0 aliphatic carbocycles. The Morgan fingerprint density at radius 1 is 1.19 bits per heavy atom. The minimum absolute atomic E-state index is 0.132. The molecule has 0 atom stereocenters. The van der Waals surface area contributed by atoms with Gasteiger partial charge in [-0.2, -0.15) is 10.2 Å². The van der Waals surface area contributed by atoms with Crippen LogP contribution in [0.5, 0.6) is 11.6 Å². The van der Waals surface area contributed by atoms with Gasteiger partial charge in [-0.15, -0.1) is 0 Å². The predicted molar refractivity (Wildman–Crippen MR) is 125 cm³/mol. The Hall–Kier alpha value is -3.81. The summed E-state index contributed by atoms with van der Waals surface area (Å²) in [4.78, 5) is 21.7. The fourth-order valence-electron chi connectivity index (χ4n) is 3.47. The minimum atomic E-state index is -0.132. The summed E-state index contributed by atoms with van der Waals surface area (Å²) in [6.07, 6.45) is 5.96. The molecule has 3 aromatic rings. The van der Waals surface area contributed by atoms with Gasteiger partial charge in [-0.3, -0.25) is 4.79 Å². The van der Waals surface area contributed by atoms with Crippen molar-refractivity contribution in [2.45, 2.75) is 26.2 Å². The minimum Gasteiger partial charge on any atom is -0.493 e. The van der Waals surface area contributed by atoms with E-state index in [-0.39, 0.29) is 5.91 Å². The van der Waals surface area contributed by atoms with E-state index in [1.165, 1.54) is 0 Å². The Kier molecular flexibility index (Phi) is 6.69. The molecule has 1 N–H and O–H groups in total. The molecular weight excluding hydrogens is 406 g/mol. The number of pyridine rings is 2. The van der Waals surface area contributed by atoms with Gasteiger partial charge in [0, 0.05) is 59.7 Å². The van der Waals surface area contributed by atoms with Gasteiger partial charge in [-0.05, 0) is 44.0 Å². The van der Waals surface area contributed by atoms with Crippen LogP contribution in [0.25, 0.3) is 22.2 Å². The molecule has 2 aromatic heterocycles. The Bertz CT molecular complexity index is 1170. The van der Waals surface area contributed by atoms with Crippen molar-refractivity contribution in [3.8, 4) is 22.9 Å². The Morgan fingerprint density at radius 2 is 2.09 bits per heavy atom. The largest absolute Gasteiger partial charge is 0.493 e. The summed E-state index contributed by atoms with van der Waals surface area (Å²) in [5.41, 5.74) is 3.85. The molecule has 0 fully saturated rings. The third-order valence-corrected chi connectivity index (χ3v) is 5.11. The number of methoxy groups -OCH3 is 1. The lowest BCUT2D eigenvalue weighted by atomic mass is 10.1. The highest BCUT2D eigenvalue weighted by atomic mass is 16.5. The average Bonchev–Trinajstić information content (AvgIpc) is 3.35. The number of hydrogen-bond donors (Lipinski definition) is 1. The van der Waals surface area contributed by atoms with E-state index in [9.17, 15) is 4.79 Å². The molecule has 3 heterocycles. The topological polar surface area (TPSA) is 98.1 Å². The Labute approximate surface area is 186 Å². The number of fused-ring (bicyclic) bond motifs is 1. The number of nitrogens with zero attached hydrogens (tertiary/aromatic N) is 4. The van der Waals surface area contributed by atoms with Gasteiger partial charge in [0.15, 0.2) is 0 Å². The number of aromatic nitrogens is 2. The molecule has 0 unspecified atom stereocenters. The summed E-state index contributed by atoms with van der Waals surface area (Å²) >= 11 is 0. The number of benzene rings is 1. The van der Waals surface area contributed by atoms with E-state index in [2.05, 4.69) is 20.5 Å². The average molecular weight is 431 g/mol. The second-order valence-corrected chi connectivity index (χ2v) is 7.29. The van der Waals surface area contributed by atoms with Gasteiger partial charge >= 0.3 is 0 Å². The number of carbonyl (C=O) groups is 1. The lowest BCUT2D eigenvalue weighted by Gasteiger charge is -2.12. The molecule has 8 nitrogen and oxygen atoms in total. The third kappa shape index (κ3) is 4.91. The van der Waals surface area contributed by atoms with E-state index in [1.807, 2.05) is 25.1 Å². The molecular formula is C24H25N5O3. The van der Waals surface area contributed by atoms with E-state index < -0.39 is 0 Å². The van der Waals surface area contributed by atoms with Gasteiger partial charge in [0.2, 0.25) is 5.88 Å². The number of rotatable bonds is 9. The van der Waals surface area contributed by atoms with E-state index in [0.717, 1.165) is 41.7 Å². The number of amides is 1. The lowest BCUT2D eigenvalue weighted by Crippen LogP contribution is -2.24. The van der Waals surface area contributed by atoms with Gasteiger partial charge in [0.25, 0.3) is 5.91 Å². The number of ether oxygens (including phenoxy) is 2.